The van der Waals surface area contributed by atoms with Crippen molar-refractivity contribution in [3.8, 4) is 11.5 Å². The number of rotatable bonds is 4. The number of aryl methyl sites for hydroxylation is 2. The molecule has 0 bridgehead atoms. The van der Waals surface area contributed by atoms with E-state index in [0.29, 0.717) is 41.4 Å². The summed E-state index contributed by atoms with van der Waals surface area (Å²) in [4.78, 5) is 38.3. The minimum absolute atomic E-state index is 0.0258. The number of nitrogens with one attached hydrogen (secondary N) is 1. The second kappa shape index (κ2) is 9.20. The van der Waals surface area contributed by atoms with Crippen LogP contribution < -0.4 is 19.3 Å². The lowest BCUT2D eigenvalue weighted by Crippen LogP contribution is -2.30. The smallest absolute Gasteiger partial charge is 0.302 e. The molecule has 2 aliphatic heterocycles. The van der Waals surface area contributed by atoms with E-state index in [2.05, 4.69) is 9.97 Å². The molecule has 0 saturated carbocycles. The lowest BCUT2D eigenvalue weighted by Gasteiger charge is -2.24. The van der Waals surface area contributed by atoms with Crippen molar-refractivity contribution in [2.45, 2.75) is 19.9 Å². The first kappa shape index (κ1) is 24.5. The maximum atomic E-state index is 13.6. The van der Waals surface area contributed by atoms with Gasteiger partial charge in [-0.3, -0.25) is 14.5 Å². The standard InChI is InChI=1S/C30H28N4O5/c1-16-13-21-22(14-17(16)2)32-30(31-21)34-26(18-5-8-20(9-6-18)33(3)4)25(28(36)29(34)37)27(35)19-7-10-23-24(15-19)39-12-11-38-23/h5-10,13-15,26,35H,11-12H2,1-4H3,(H,31,32)/b27-25+. The van der Waals surface area contributed by atoms with Gasteiger partial charge in [-0.05, 0) is 73.0 Å². The van der Waals surface area contributed by atoms with Gasteiger partial charge in [0.05, 0.1) is 22.6 Å². The Labute approximate surface area is 225 Å². The Morgan fingerprint density at radius 3 is 2.38 bits per heavy atom. The van der Waals surface area contributed by atoms with Gasteiger partial charge in [-0.1, -0.05) is 12.1 Å². The van der Waals surface area contributed by atoms with E-state index < -0.39 is 17.7 Å². The van der Waals surface area contributed by atoms with Crippen molar-refractivity contribution in [1.29, 1.82) is 0 Å². The summed E-state index contributed by atoms with van der Waals surface area (Å²) in [5.41, 5.74) is 5.52. The van der Waals surface area contributed by atoms with E-state index in [4.69, 9.17) is 9.47 Å². The Kier molecular flexibility index (Phi) is 5.79. The number of benzene rings is 3. The Morgan fingerprint density at radius 1 is 0.974 bits per heavy atom. The molecule has 9 heteroatoms. The first-order valence-corrected chi connectivity index (χ1v) is 12.7. The summed E-state index contributed by atoms with van der Waals surface area (Å²) < 4.78 is 11.3. The van der Waals surface area contributed by atoms with Crippen LogP contribution in [0.3, 0.4) is 0 Å². The molecule has 39 heavy (non-hydrogen) atoms. The fourth-order valence-electron chi connectivity index (χ4n) is 5.04. The number of fused-ring (bicyclic) bond motifs is 2. The molecule has 0 aliphatic carbocycles. The second-order valence-corrected chi connectivity index (χ2v) is 10.0. The molecule has 3 aromatic carbocycles. The molecule has 1 aromatic heterocycles. The Morgan fingerprint density at radius 2 is 1.67 bits per heavy atom. The molecule has 3 heterocycles. The number of amides is 1. The van der Waals surface area contributed by atoms with Crippen molar-refractivity contribution in [3.63, 3.8) is 0 Å². The Balaban J connectivity index is 1.53. The summed E-state index contributed by atoms with van der Waals surface area (Å²) in [7, 11) is 3.86. The molecule has 4 aromatic rings. The summed E-state index contributed by atoms with van der Waals surface area (Å²) in [6.45, 7) is 4.81. The van der Waals surface area contributed by atoms with Gasteiger partial charge in [0.2, 0.25) is 5.95 Å². The van der Waals surface area contributed by atoms with Gasteiger partial charge in [0, 0.05) is 25.3 Å². The number of carbonyl (C=O) groups excluding carboxylic acids is 2. The number of ether oxygens (including phenoxy) is 2. The van der Waals surface area contributed by atoms with Gasteiger partial charge in [0.15, 0.2) is 11.5 Å². The molecule has 1 unspecified atom stereocenters. The van der Waals surface area contributed by atoms with Crippen molar-refractivity contribution in [3.05, 3.63) is 82.4 Å². The molecular weight excluding hydrogens is 496 g/mol. The van der Waals surface area contributed by atoms with E-state index in [1.54, 1.807) is 18.2 Å². The van der Waals surface area contributed by atoms with Gasteiger partial charge in [0.1, 0.15) is 19.0 Å². The van der Waals surface area contributed by atoms with Gasteiger partial charge in [-0.15, -0.1) is 0 Å². The maximum absolute atomic E-state index is 13.6. The normalized spacial score (nSPS) is 18.2. The molecule has 0 spiro atoms. The minimum Gasteiger partial charge on any atom is -0.507 e. The third-order valence-corrected chi connectivity index (χ3v) is 7.30. The van der Waals surface area contributed by atoms with Crippen LogP contribution in [0.2, 0.25) is 0 Å². The zero-order valence-electron chi connectivity index (χ0n) is 22.1. The molecule has 198 valence electrons. The number of hydrogen-bond donors (Lipinski definition) is 2. The highest BCUT2D eigenvalue weighted by Crippen LogP contribution is 2.43. The van der Waals surface area contributed by atoms with E-state index in [9.17, 15) is 14.7 Å². The zero-order chi connectivity index (χ0) is 27.4. The molecule has 6 rings (SSSR count). The van der Waals surface area contributed by atoms with Crippen LogP contribution in [0.1, 0.15) is 28.3 Å². The Hall–Kier alpha value is -4.79. The molecule has 1 atom stereocenters. The average molecular weight is 525 g/mol. The highest BCUT2D eigenvalue weighted by atomic mass is 16.6. The molecule has 1 fully saturated rings. The number of hydrogen-bond acceptors (Lipinski definition) is 7. The van der Waals surface area contributed by atoms with Crippen molar-refractivity contribution in [2.75, 3.05) is 37.1 Å². The topological polar surface area (TPSA) is 108 Å². The zero-order valence-corrected chi connectivity index (χ0v) is 22.1. The van der Waals surface area contributed by atoms with Crippen molar-refractivity contribution in [2.24, 2.45) is 0 Å². The third-order valence-electron chi connectivity index (χ3n) is 7.30. The van der Waals surface area contributed by atoms with E-state index in [1.807, 2.05) is 69.2 Å². The Bertz CT molecular complexity index is 1630. The van der Waals surface area contributed by atoms with Crippen molar-refractivity contribution < 1.29 is 24.2 Å². The summed E-state index contributed by atoms with van der Waals surface area (Å²) in [6.07, 6.45) is 0. The number of aliphatic hydroxyl groups is 1. The fraction of sp³-hybridized carbons (Fsp3) is 0.233. The number of aromatic nitrogens is 2. The van der Waals surface area contributed by atoms with Gasteiger partial charge in [-0.25, -0.2) is 4.98 Å². The van der Waals surface area contributed by atoms with E-state index in [1.165, 1.54) is 4.90 Å². The van der Waals surface area contributed by atoms with Crippen molar-refractivity contribution in [1.82, 2.24) is 9.97 Å². The van der Waals surface area contributed by atoms with Crippen LogP contribution in [-0.4, -0.2) is 54.1 Å². The van der Waals surface area contributed by atoms with Gasteiger partial charge >= 0.3 is 5.91 Å². The van der Waals surface area contributed by atoms with E-state index in [0.717, 1.165) is 22.3 Å². The number of Topliss-reactive ketones (excluding diaryl/α,β-unsaturated/α-hetero) is 1. The number of aromatic amines is 1. The fourth-order valence-corrected chi connectivity index (χ4v) is 5.04. The number of H-pyrrole nitrogens is 1. The van der Waals surface area contributed by atoms with E-state index in [-0.39, 0.29) is 17.3 Å². The summed E-state index contributed by atoms with van der Waals surface area (Å²) in [5.74, 6) is -0.603. The number of aliphatic hydroxyl groups excluding tert-OH is 1. The van der Waals surface area contributed by atoms with Crippen LogP contribution in [0.15, 0.2) is 60.2 Å². The van der Waals surface area contributed by atoms with Crippen LogP contribution in [0.4, 0.5) is 11.6 Å². The molecule has 9 nitrogen and oxygen atoms in total. The molecule has 2 N–H and O–H groups in total. The predicted octanol–water partition coefficient (Wildman–Crippen LogP) is 4.64. The molecule has 1 saturated heterocycles. The van der Waals surface area contributed by atoms with Crippen LogP contribution in [0.5, 0.6) is 11.5 Å². The highest BCUT2D eigenvalue weighted by molar-refractivity contribution is 6.51. The van der Waals surface area contributed by atoms with Gasteiger partial charge in [-0.2, -0.15) is 0 Å². The van der Waals surface area contributed by atoms with Crippen LogP contribution in [0.25, 0.3) is 16.8 Å². The molecule has 0 radical (unpaired) electrons. The number of carbonyl (C=O) groups is 2. The first-order valence-electron chi connectivity index (χ1n) is 12.7. The summed E-state index contributed by atoms with van der Waals surface area (Å²) in [5, 5.41) is 11.5. The first-order chi connectivity index (χ1) is 18.7. The van der Waals surface area contributed by atoms with Gasteiger partial charge in [0.25, 0.3) is 5.78 Å². The lowest BCUT2D eigenvalue weighted by atomic mass is 9.95. The summed E-state index contributed by atoms with van der Waals surface area (Å²) >= 11 is 0. The number of ketones is 1. The van der Waals surface area contributed by atoms with Crippen LogP contribution in [-0.2, 0) is 9.59 Å². The predicted molar refractivity (Wildman–Crippen MR) is 149 cm³/mol. The molecule has 2 aliphatic rings. The second-order valence-electron chi connectivity index (χ2n) is 10.0. The van der Waals surface area contributed by atoms with E-state index >= 15 is 0 Å². The molecular formula is C30H28N4O5. The number of nitrogens with zero attached hydrogens (tertiary/aromatic N) is 3. The average Bonchev–Trinajstić information content (AvgIpc) is 3.45. The number of imidazole rings is 1. The quantitative estimate of drug-likeness (QED) is 0.227. The largest absolute Gasteiger partial charge is 0.507 e. The van der Waals surface area contributed by atoms with Crippen molar-refractivity contribution >= 4 is 40.1 Å². The molecule has 1 amide bonds. The number of anilines is 2. The SMILES string of the molecule is Cc1cc2nc(N3C(=O)C(=O)/C(=C(/O)c4ccc5c(c4)OCCO5)C3c3ccc(N(C)C)cc3)[nH]c2cc1C. The van der Waals surface area contributed by atoms with Crippen LogP contribution in [0, 0.1) is 13.8 Å². The minimum atomic E-state index is -0.905. The van der Waals surface area contributed by atoms with Crippen LogP contribution >= 0.6 is 0 Å². The third kappa shape index (κ3) is 4.06. The highest BCUT2D eigenvalue weighted by Gasteiger charge is 2.48. The van der Waals surface area contributed by atoms with Gasteiger partial charge < -0.3 is 24.5 Å². The lowest BCUT2D eigenvalue weighted by molar-refractivity contribution is -0.132. The maximum Gasteiger partial charge on any atom is 0.302 e. The summed E-state index contributed by atoms with van der Waals surface area (Å²) in [6, 6.07) is 15.5. The monoisotopic (exact) mass is 524 g/mol.